The number of hydrogen-bond acceptors (Lipinski definition) is 8. The van der Waals surface area contributed by atoms with Crippen LogP contribution in [0.2, 0.25) is 0 Å². The second-order valence-electron chi connectivity index (χ2n) is 15.6. The Balaban J connectivity index is 1.34. The Kier molecular flexibility index (Phi) is 13.5. The number of aliphatic hydroxyl groups excluding tert-OH is 1. The summed E-state index contributed by atoms with van der Waals surface area (Å²) in [7, 11) is 1.79. The van der Waals surface area contributed by atoms with Gasteiger partial charge in [-0.05, 0) is 51.4 Å². The minimum Gasteiger partial charge on any atom is -0.390 e. The molecule has 4 aliphatic rings. The van der Waals surface area contributed by atoms with E-state index < -0.39 is 23.6 Å². The van der Waals surface area contributed by atoms with E-state index in [1.54, 1.807) is 32.2 Å². The predicted octanol–water partition coefficient (Wildman–Crippen LogP) is 4.48. The van der Waals surface area contributed by atoms with Gasteiger partial charge in [-0.25, -0.2) is 4.98 Å². The van der Waals surface area contributed by atoms with Crippen LogP contribution >= 0.6 is 11.3 Å². The zero-order chi connectivity index (χ0) is 35.0. The van der Waals surface area contributed by atoms with E-state index in [2.05, 4.69) is 4.98 Å². The molecule has 274 valence electrons. The van der Waals surface area contributed by atoms with Crippen molar-refractivity contribution >= 4 is 35.0 Å². The maximum Gasteiger partial charge on any atom is 0.242 e. The molecule has 1 aromatic rings. The quantitative estimate of drug-likeness (QED) is 0.304. The monoisotopic (exact) mass is 701 g/mol. The van der Waals surface area contributed by atoms with Crippen molar-refractivity contribution in [3.05, 3.63) is 16.6 Å². The van der Waals surface area contributed by atoms with Crippen LogP contribution in [-0.4, -0.2) is 117 Å². The zero-order valence-electron chi connectivity index (χ0n) is 30.0. The fourth-order valence-electron chi connectivity index (χ4n) is 8.47. The molecule has 2 saturated heterocycles. The highest BCUT2D eigenvalue weighted by molar-refractivity contribution is 7.07. The number of thiazole rings is 1. The lowest BCUT2D eigenvalue weighted by molar-refractivity contribution is -0.146. The fraction of sp³-hybridized carbons (Fsp3) is 0.811. The smallest absolute Gasteiger partial charge is 0.242 e. The molecule has 5 rings (SSSR count). The number of aromatic nitrogens is 1. The maximum absolute atomic E-state index is 14.4. The van der Waals surface area contributed by atoms with E-state index in [1.807, 2.05) is 19.2 Å². The zero-order valence-corrected chi connectivity index (χ0v) is 30.8. The van der Waals surface area contributed by atoms with Gasteiger partial charge in [-0.15, -0.1) is 11.3 Å². The first-order valence-electron chi connectivity index (χ1n) is 18.8. The van der Waals surface area contributed by atoms with Gasteiger partial charge in [0.25, 0.3) is 0 Å². The lowest BCUT2D eigenvalue weighted by Gasteiger charge is -2.39. The second kappa shape index (κ2) is 17.6. The van der Waals surface area contributed by atoms with Gasteiger partial charge in [0.1, 0.15) is 0 Å². The van der Waals surface area contributed by atoms with Gasteiger partial charge in [0.05, 0.1) is 55.6 Å². The normalized spacial score (nSPS) is 23.3. The third-order valence-corrected chi connectivity index (χ3v) is 12.4. The van der Waals surface area contributed by atoms with Crippen molar-refractivity contribution in [2.45, 2.75) is 128 Å². The molecule has 1 aromatic heterocycles. The Labute approximate surface area is 296 Å². The average Bonchev–Trinajstić information content (AvgIpc) is 3.71. The largest absolute Gasteiger partial charge is 0.390 e. The van der Waals surface area contributed by atoms with E-state index in [9.17, 15) is 24.3 Å². The number of amides is 4. The molecule has 2 saturated carbocycles. The summed E-state index contributed by atoms with van der Waals surface area (Å²) in [5.41, 5.74) is 2.07. The number of rotatable bonds is 14. The molecule has 4 fully saturated rings. The average molecular weight is 702 g/mol. The van der Waals surface area contributed by atoms with E-state index >= 15 is 0 Å². The summed E-state index contributed by atoms with van der Waals surface area (Å²) in [6, 6.07) is -0.579. The Morgan fingerprint density at radius 3 is 2.22 bits per heavy atom. The van der Waals surface area contributed by atoms with Gasteiger partial charge in [0, 0.05) is 50.4 Å². The van der Waals surface area contributed by atoms with Crippen LogP contribution in [0.3, 0.4) is 0 Å². The standard InChI is InChI=1S/C37H59N5O6S/c1-37(2)21-30(36(47)39(37)3)35(46)31(20-27-10-6-4-7-11-27)42(23-29-25-49-26-38-29)33(44)15-14-32(43)41(22-28-12-8-5-9-13-28)24-34(45)40-16-18-48-19-17-40/h25-28,30-31,35,46H,4-24H2,1-3H3/t30-,31-,35-/m0/s1. The Bertz CT molecular complexity index is 1240. The molecule has 0 bridgehead atoms. The number of ether oxygens (including phenoxy) is 1. The highest BCUT2D eigenvalue weighted by Gasteiger charge is 2.49. The lowest BCUT2D eigenvalue weighted by Crippen LogP contribution is -2.51. The molecule has 2 aliphatic heterocycles. The minimum absolute atomic E-state index is 0.0140. The SMILES string of the molecule is CN1C(=O)[C@H]([C@H](O)[C@H](CC2CCCCC2)N(Cc2cscn2)C(=O)CCC(=O)N(CC(=O)N2CCOCC2)CC2CCCCC2)CC1(C)C. The number of nitrogens with zero attached hydrogens (tertiary/aromatic N) is 5. The molecule has 49 heavy (non-hydrogen) atoms. The molecule has 11 nitrogen and oxygen atoms in total. The summed E-state index contributed by atoms with van der Waals surface area (Å²) in [6.07, 6.45) is 11.1. The maximum atomic E-state index is 14.4. The molecule has 0 unspecified atom stereocenters. The summed E-state index contributed by atoms with van der Waals surface area (Å²) in [5.74, 6) is -0.490. The van der Waals surface area contributed by atoms with E-state index in [1.165, 1.54) is 24.2 Å². The molecule has 0 aromatic carbocycles. The predicted molar refractivity (Wildman–Crippen MR) is 188 cm³/mol. The van der Waals surface area contributed by atoms with Gasteiger partial charge in [-0.2, -0.15) is 0 Å². The van der Waals surface area contributed by atoms with Gasteiger partial charge >= 0.3 is 0 Å². The van der Waals surface area contributed by atoms with Crippen LogP contribution in [0.25, 0.3) is 0 Å². The Morgan fingerprint density at radius 1 is 1.00 bits per heavy atom. The minimum atomic E-state index is -1.04. The van der Waals surface area contributed by atoms with Gasteiger partial charge < -0.3 is 29.4 Å². The highest BCUT2D eigenvalue weighted by atomic mass is 32.1. The van der Waals surface area contributed by atoms with Crippen molar-refractivity contribution in [3.8, 4) is 0 Å². The van der Waals surface area contributed by atoms with Crippen LogP contribution in [0.4, 0.5) is 0 Å². The van der Waals surface area contributed by atoms with Crippen LogP contribution < -0.4 is 0 Å². The third kappa shape index (κ3) is 10.0. The van der Waals surface area contributed by atoms with Gasteiger partial charge in [0.15, 0.2) is 0 Å². The van der Waals surface area contributed by atoms with Crippen molar-refractivity contribution < 1.29 is 29.0 Å². The number of hydrogen-bond donors (Lipinski definition) is 1. The van der Waals surface area contributed by atoms with Crippen LogP contribution in [0.1, 0.15) is 109 Å². The number of aliphatic hydroxyl groups is 1. The molecule has 4 amide bonds. The number of carbonyl (C=O) groups excluding carboxylic acids is 4. The number of morpholine rings is 1. The summed E-state index contributed by atoms with van der Waals surface area (Å²) in [6.45, 7) is 6.84. The van der Waals surface area contributed by atoms with Crippen LogP contribution in [0.5, 0.6) is 0 Å². The summed E-state index contributed by atoms with van der Waals surface area (Å²) in [4.78, 5) is 66.4. The highest BCUT2D eigenvalue weighted by Crippen LogP contribution is 2.39. The van der Waals surface area contributed by atoms with Crippen LogP contribution in [0.15, 0.2) is 10.9 Å². The number of likely N-dealkylation sites (tertiary alicyclic amines) is 1. The van der Waals surface area contributed by atoms with Crippen LogP contribution in [0, 0.1) is 17.8 Å². The second-order valence-corrected chi connectivity index (χ2v) is 16.3. The molecule has 1 N–H and O–H groups in total. The first-order valence-corrected chi connectivity index (χ1v) is 19.7. The Hall–Kier alpha value is -2.57. The molecule has 2 aliphatic carbocycles. The molecular formula is C37H59N5O6S. The molecule has 3 atom stereocenters. The van der Waals surface area contributed by atoms with E-state index in [4.69, 9.17) is 4.74 Å². The van der Waals surface area contributed by atoms with Crippen molar-refractivity contribution in [1.82, 2.24) is 24.6 Å². The molecule has 0 radical (unpaired) electrons. The van der Waals surface area contributed by atoms with Crippen molar-refractivity contribution in [2.24, 2.45) is 17.8 Å². The summed E-state index contributed by atoms with van der Waals surface area (Å²) >= 11 is 1.45. The van der Waals surface area contributed by atoms with Gasteiger partial charge in [-0.1, -0.05) is 51.4 Å². The van der Waals surface area contributed by atoms with Crippen LogP contribution in [-0.2, 0) is 30.5 Å². The number of carbonyl (C=O) groups is 4. The summed E-state index contributed by atoms with van der Waals surface area (Å²) < 4.78 is 5.43. The topological polar surface area (TPSA) is 124 Å². The third-order valence-electron chi connectivity index (χ3n) is 11.7. The molecular weight excluding hydrogens is 643 g/mol. The summed E-state index contributed by atoms with van der Waals surface area (Å²) in [5, 5.41) is 14.0. The first kappa shape index (κ1) is 37.7. The molecule has 3 heterocycles. The molecule has 12 heteroatoms. The van der Waals surface area contributed by atoms with E-state index in [-0.39, 0.29) is 49.6 Å². The fourth-order valence-corrected chi connectivity index (χ4v) is 9.02. The van der Waals surface area contributed by atoms with Crippen molar-refractivity contribution in [1.29, 1.82) is 0 Å². The van der Waals surface area contributed by atoms with Crippen molar-refractivity contribution in [2.75, 3.05) is 46.4 Å². The van der Waals surface area contributed by atoms with E-state index in [0.29, 0.717) is 57.5 Å². The van der Waals surface area contributed by atoms with Gasteiger partial charge in [-0.3, -0.25) is 19.2 Å². The Morgan fingerprint density at radius 2 is 1.63 bits per heavy atom. The van der Waals surface area contributed by atoms with Gasteiger partial charge in [0.2, 0.25) is 23.6 Å². The van der Waals surface area contributed by atoms with E-state index in [0.717, 1.165) is 57.1 Å². The lowest BCUT2D eigenvalue weighted by atomic mass is 9.80. The van der Waals surface area contributed by atoms with Crippen molar-refractivity contribution in [3.63, 3.8) is 0 Å². The molecule has 0 spiro atoms. The first-order chi connectivity index (χ1) is 23.5.